The third-order valence-corrected chi connectivity index (χ3v) is 3.58. The number of nitrogens with one attached hydrogen (secondary N) is 1. The van der Waals surface area contributed by atoms with Crippen LogP contribution in [-0.4, -0.2) is 18.3 Å². The highest BCUT2D eigenvalue weighted by molar-refractivity contribution is 7.10. The first-order chi connectivity index (χ1) is 6.65. The van der Waals surface area contributed by atoms with Crippen LogP contribution in [0.2, 0.25) is 0 Å². The number of aryl methyl sites for hydroxylation is 1. The molecule has 2 nitrogen and oxygen atoms in total. The molecule has 0 aliphatic heterocycles. The Morgan fingerprint density at radius 3 is 2.71 bits per heavy atom. The highest BCUT2D eigenvalue weighted by Crippen LogP contribution is 2.23. The first-order valence-corrected chi connectivity index (χ1v) is 5.91. The van der Waals surface area contributed by atoms with Crippen molar-refractivity contribution in [1.29, 1.82) is 0 Å². The van der Waals surface area contributed by atoms with Crippen LogP contribution in [0.4, 0.5) is 0 Å². The molecule has 0 spiro atoms. The van der Waals surface area contributed by atoms with E-state index in [1.165, 1.54) is 10.4 Å². The van der Waals surface area contributed by atoms with Crippen LogP contribution in [0.3, 0.4) is 0 Å². The van der Waals surface area contributed by atoms with Crippen LogP contribution >= 0.6 is 11.3 Å². The van der Waals surface area contributed by atoms with E-state index in [9.17, 15) is 0 Å². The van der Waals surface area contributed by atoms with Crippen LogP contribution in [0.25, 0.3) is 0 Å². The summed E-state index contributed by atoms with van der Waals surface area (Å²) < 4.78 is 0. The van der Waals surface area contributed by atoms with Crippen molar-refractivity contribution in [2.24, 2.45) is 5.92 Å². The molecular formula is C11H19NOS. The molecule has 3 heteroatoms. The lowest BCUT2D eigenvalue weighted by molar-refractivity contribution is 0.231. The predicted molar refractivity (Wildman–Crippen MR) is 61.7 cm³/mol. The molecule has 0 bridgehead atoms. The zero-order chi connectivity index (χ0) is 10.6. The molecule has 0 aromatic carbocycles. The summed E-state index contributed by atoms with van der Waals surface area (Å²) in [5.41, 5.74) is 1.35. The van der Waals surface area contributed by atoms with Gasteiger partial charge in [0.25, 0.3) is 0 Å². The van der Waals surface area contributed by atoms with Gasteiger partial charge in [0.2, 0.25) is 0 Å². The van der Waals surface area contributed by atoms with Crippen molar-refractivity contribution >= 4 is 11.3 Å². The highest BCUT2D eigenvalue weighted by atomic mass is 32.1. The van der Waals surface area contributed by atoms with Crippen LogP contribution in [0, 0.1) is 12.8 Å². The molecule has 1 rings (SSSR count). The molecule has 2 N–H and O–H groups in total. The molecule has 2 unspecified atom stereocenters. The van der Waals surface area contributed by atoms with Crippen molar-refractivity contribution in [2.45, 2.75) is 26.8 Å². The van der Waals surface area contributed by atoms with Gasteiger partial charge in [-0.05, 0) is 36.8 Å². The van der Waals surface area contributed by atoms with Crippen LogP contribution < -0.4 is 5.32 Å². The number of hydrogen-bond donors (Lipinski definition) is 2. The van der Waals surface area contributed by atoms with Gasteiger partial charge in [-0.2, -0.15) is 0 Å². The fourth-order valence-corrected chi connectivity index (χ4v) is 2.32. The summed E-state index contributed by atoms with van der Waals surface area (Å²) in [5.74, 6) is 0.331. The number of aliphatic hydroxyl groups excluding tert-OH is 1. The van der Waals surface area contributed by atoms with E-state index >= 15 is 0 Å². The molecule has 0 aliphatic carbocycles. The molecule has 0 radical (unpaired) electrons. The zero-order valence-corrected chi connectivity index (χ0v) is 9.90. The molecule has 14 heavy (non-hydrogen) atoms. The third kappa shape index (κ3) is 3.08. The van der Waals surface area contributed by atoms with Crippen molar-refractivity contribution in [3.8, 4) is 0 Å². The van der Waals surface area contributed by atoms with Crippen molar-refractivity contribution in [3.63, 3.8) is 0 Å². The molecule has 0 amide bonds. The Labute approximate surface area is 90.0 Å². The van der Waals surface area contributed by atoms with E-state index < -0.39 is 0 Å². The largest absolute Gasteiger partial charge is 0.396 e. The maximum Gasteiger partial charge on any atom is 0.0468 e. The Morgan fingerprint density at radius 1 is 1.50 bits per heavy atom. The third-order valence-electron chi connectivity index (χ3n) is 2.38. The second kappa shape index (κ2) is 5.49. The van der Waals surface area contributed by atoms with Crippen LogP contribution in [0.1, 0.15) is 30.3 Å². The Kier molecular flexibility index (Phi) is 4.58. The average Bonchev–Trinajstić information content (AvgIpc) is 2.60. The standard InChI is InChI=1S/C11H19NOS/c1-8(7-13)6-12-10(3)11-9(2)4-5-14-11/h4-5,8,10,12-13H,6-7H2,1-3H3. The van der Waals surface area contributed by atoms with E-state index in [1.807, 2.05) is 6.92 Å². The van der Waals surface area contributed by atoms with Crippen molar-refractivity contribution in [3.05, 3.63) is 21.9 Å². The topological polar surface area (TPSA) is 32.3 Å². The predicted octanol–water partition coefficient (Wildman–Crippen LogP) is 2.34. The molecule has 1 aromatic rings. The lowest BCUT2D eigenvalue weighted by Crippen LogP contribution is -2.25. The summed E-state index contributed by atoms with van der Waals surface area (Å²) in [6.45, 7) is 7.47. The quantitative estimate of drug-likeness (QED) is 0.787. The van der Waals surface area contributed by atoms with Gasteiger partial charge in [0, 0.05) is 24.1 Å². The lowest BCUT2D eigenvalue weighted by atomic mass is 10.1. The second-order valence-electron chi connectivity index (χ2n) is 3.89. The van der Waals surface area contributed by atoms with E-state index in [4.69, 9.17) is 5.11 Å². The van der Waals surface area contributed by atoms with E-state index in [-0.39, 0.29) is 6.61 Å². The highest BCUT2D eigenvalue weighted by Gasteiger charge is 2.10. The molecule has 0 aliphatic rings. The molecule has 2 atom stereocenters. The normalized spacial score (nSPS) is 15.4. The fourth-order valence-electron chi connectivity index (χ4n) is 1.36. The minimum Gasteiger partial charge on any atom is -0.396 e. The van der Waals surface area contributed by atoms with Gasteiger partial charge in [-0.25, -0.2) is 0 Å². The number of thiophene rings is 1. The van der Waals surface area contributed by atoms with Gasteiger partial charge in [0.15, 0.2) is 0 Å². The van der Waals surface area contributed by atoms with Gasteiger partial charge >= 0.3 is 0 Å². The smallest absolute Gasteiger partial charge is 0.0468 e. The summed E-state index contributed by atoms with van der Waals surface area (Å²) in [5, 5.41) is 14.4. The Balaban J connectivity index is 2.43. The van der Waals surface area contributed by atoms with E-state index in [0.29, 0.717) is 12.0 Å². The Morgan fingerprint density at radius 2 is 2.21 bits per heavy atom. The van der Waals surface area contributed by atoms with E-state index in [2.05, 4.69) is 30.6 Å². The molecule has 1 aromatic heterocycles. The average molecular weight is 213 g/mol. The van der Waals surface area contributed by atoms with Gasteiger partial charge < -0.3 is 10.4 Å². The zero-order valence-electron chi connectivity index (χ0n) is 9.08. The minimum absolute atomic E-state index is 0.253. The second-order valence-corrected chi connectivity index (χ2v) is 4.83. The first kappa shape index (κ1) is 11.7. The molecule has 0 saturated heterocycles. The summed E-state index contributed by atoms with van der Waals surface area (Å²) in [7, 11) is 0. The molecule has 80 valence electrons. The Bertz CT molecular complexity index is 272. The number of aliphatic hydroxyl groups is 1. The van der Waals surface area contributed by atoms with Crippen molar-refractivity contribution < 1.29 is 5.11 Å². The summed E-state index contributed by atoms with van der Waals surface area (Å²) >= 11 is 1.79. The molecule has 0 fully saturated rings. The maximum absolute atomic E-state index is 8.90. The van der Waals surface area contributed by atoms with Crippen LogP contribution in [-0.2, 0) is 0 Å². The van der Waals surface area contributed by atoms with Gasteiger partial charge in [-0.3, -0.25) is 0 Å². The Hall–Kier alpha value is -0.380. The molecule has 0 saturated carbocycles. The number of rotatable bonds is 5. The van der Waals surface area contributed by atoms with Gasteiger partial charge in [-0.15, -0.1) is 11.3 Å². The van der Waals surface area contributed by atoms with Gasteiger partial charge in [0.1, 0.15) is 0 Å². The SMILES string of the molecule is Cc1ccsc1C(C)NCC(C)CO. The maximum atomic E-state index is 8.90. The van der Waals surface area contributed by atoms with Crippen LogP contribution in [0.15, 0.2) is 11.4 Å². The van der Waals surface area contributed by atoms with Gasteiger partial charge in [0.05, 0.1) is 0 Å². The van der Waals surface area contributed by atoms with E-state index in [1.54, 1.807) is 11.3 Å². The van der Waals surface area contributed by atoms with Crippen LogP contribution in [0.5, 0.6) is 0 Å². The lowest BCUT2D eigenvalue weighted by Gasteiger charge is -2.16. The van der Waals surface area contributed by atoms with Gasteiger partial charge in [-0.1, -0.05) is 6.92 Å². The summed E-state index contributed by atoms with van der Waals surface area (Å²) in [6.07, 6.45) is 0. The summed E-state index contributed by atoms with van der Waals surface area (Å²) in [4.78, 5) is 1.40. The fraction of sp³-hybridized carbons (Fsp3) is 0.636. The molecule has 1 heterocycles. The summed E-state index contributed by atoms with van der Waals surface area (Å²) in [6, 6.07) is 2.54. The minimum atomic E-state index is 0.253. The first-order valence-electron chi connectivity index (χ1n) is 5.03. The van der Waals surface area contributed by atoms with Crippen molar-refractivity contribution in [2.75, 3.05) is 13.2 Å². The number of hydrogen-bond acceptors (Lipinski definition) is 3. The van der Waals surface area contributed by atoms with Crippen molar-refractivity contribution in [1.82, 2.24) is 5.32 Å². The monoisotopic (exact) mass is 213 g/mol. The van der Waals surface area contributed by atoms with E-state index in [0.717, 1.165) is 6.54 Å². The molecular weight excluding hydrogens is 194 g/mol.